The maximum Gasteiger partial charge on any atom is 0.361 e. The molecule has 0 aliphatic heterocycles. The van der Waals surface area contributed by atoms with Crippen LogP contribution in [0.5, 0.6) is 11.5 Å². The number of carbonyl (C=O) groups excluding carboxylic acids is 1. The topological polar surface area (TPSA) is 86.3 Å². The van der Waals surface area contributed by atoms with Crippen molar-refractivity contribution in [2.45, 2.75) is 26.9 Å². The van der Waals surface area contributed by atoms with Gasteiger partial charge >= 0.3 is 5.97 Å². The van der Waals surface area contributed by atoms with Gasteiger partial charge in [-0.05, 0) is 39.0 Å². The SMILES string of the molecule is CCOC(=O)c1n[nH]nc1-c1ccc(OC(C)C)c(OC)c1. The molecule has 0 atom stereocenters. The van der Waals surface area contributed by atoms with Gasteiger partial charge in [-0.25, -0.2) is 4.79 Å². The van der Waals surface area contributed by atoms with E-state index in [-0.39, 0.29) is 18.4 Å². The molecule has 22 heavy (non-hydrogen) atoms. The van der Waals surface area contributed by atoms with Crippen molar-refractivity contribution in [1.82, 2.24) is 15.4 Å². The molecule has 2 aromatic rings. The van der Waals surface area contributed by atoms with Crippen LogP contribution in [0.4, 0.5) is 0 Å². The molecule has 0 spiro atoms. The molecule has 1 heterocycles. The van der Waals surface area contributed by atoms with Crippen molar-refractivity contribution in [2.24, 2.45) is 0 Å². The Morgan fingerprint density at radius 3 is 2.68 bits per heavy atom. The van der Waals surface area contributed by atoms with E-state index in [0.29, 0.717) is 22.8 Å². The van der Waals surface area contributed by atoms with E-state index in [0.717, 1.165) is 0 Å². The van der Waals surface area contributed by atoms with Crippen LogP contribution in [0.15, 0.2) is 18.2 Å². The third kappa shape index (κ3) is 3.36. The Balaban J connectivity index is 2.38. The van der Waals surface area contributed by atoms with E-state index in [1.54, 1.807) is 32.2 Å². The molecule has 0 saturated carbocycles. The first-order valence-corrected chi connectivity index (χ1v) is 6.99. The lowest BCUT2D eigenvalue weighted by Crippen LogP contribution is -2.08. The van der Waals surface area contributed by atoms with Crippen molar-refractivity contribution < 1.29 is 19.0 Å². The van der Waals surface area contributed by atoms with Crippen molar-refractivity contribution in [1.29, 1.82) is 0 Å². The standard InChI is InChI=1S/C15H19N3O4/c1-5-21-15(19)14-13(16-18-17-14)10-6-7-11(22-9(2)3)12(8-10)20-4/h6-9H,5H2,1-4H3,(H,16,17,18). The quantitative estimate of drug-likeness (QED) is 0.825. The molecule has 0 fully saturated rings. The Hall–Kier alpha value is -2.57. The van der Waals surface area contributed by atoms with Crippen LogP contribution in [0.3, 0.4) is 0 Å². The van der Waals surface area contributed by atoms with Gasteiger partial charge in [-0.15, -0.1) is 5.10 Å². The number of hydrogen-bond donors (Lipinski definition) is 1. The zero-order valence-corrected chi connectivity index (χ0v) is 13.0. The van der Waals surface area contributed by atoms with Crippen molar-refractivity contribution in [3.8, 4) is 22.8 Å². The average molecular weight is 305 g/mol. The summed E-state index contributed by atoms with van der Waals surface area (Å²) in [5, 5.41) is 10.3. The van der Waals surface area contributed by atoms with Crippen LogP contribution in [-0.4, -0.2) is 41.2 Å². The fraction of sp³-hybridized carbons (Fsp3) is 0.400. The van der Waals surface area contributed by atoms with Gasteiger partial charge in [0.1, 0.15) is 5.69 Å². The Morgan fingerprint density at radius 1 is 1.27 bits per heavy atom. The first-order chi connectivity index (χ1) is 10.6. The second kappa shape index (κ2) is 6.93. The molecule has 7 nitrogen and oxygen atoms in total. The van der Waals surface area contributed by atoms with Crippen LogP contribution < -0.4 is 9.47 Å². The summed E-state index contributed by atoms with van der Waals surface area (Å²) >= 11 is 0. The molecule has 0 radical (unpaired) electrons. The van der Waals surface area contributed by atoms with E-state index in [9.17, 15) is 4.79 Å². The number of nitrogens with zero attached hydrogens (tertiary/aromatic N) is 2. The largest absolute Gasteiger partial charge is 0.493 e. The fourth-order valence-electron chi connectivity index (χ4n) is 1.94. The Bertz CT molecular complexity index is 652. The molecule has 0 saturated heterocycles. The van der Waals surface area contributed by atoms with Gasteiger partial charge in [0, 0.05) is 5.56 Å². The molecule has 0 bridgehead atoms. The first kappa shape index (κ1) is 15.8. The van der Waals surface area contributed by atoms with Gasteiger partial charge in [0.15, 0.2) is 17.2 Å². The molecule has 7 heteroatoms. The number of H-pyrrole nitrogens is 1. The van der Waals surface area contributed by atoms with E-state index in [1.165, 1.54) is 0 Å². The van der Waals surface area contributed by atoms with E-state index in [4.69, 9.17) is 14.2 Å². The van der Waals surface area contributed by atoms with Crippen molar-refractivity contribution in [2.75, 3.05) is 13.7 Å². The highest BCUT2D eigenvalue weighted by molar-refractivity contribution is 5.94. The summed E-state index contributed by atoms with van der Waals surface area (Å²) in [7, 11) is 1.56. The number of esters is 1. The molecule has 118 valence electrons. The molecule has 0 aliphatic carbocycles. The summed E-state index contributed by atoms with van der Waals surface area (Å²) < 4.78 is 16.0. The Labute approximate surface area is 128 Å². The minimum absolute atomic E-state index is 0.0295. The zero-order chi connectivity index (χ0) is 16.1. The number of aromatic amines is 1. The lowest BCUT2D eigenvalue weighted by Gasteiger charge is -2.14. The smallest absolute Gasteiger partial charge is 0.361 e. The molecule has 1 aromatic heterocycles. The van der Waals surface area contributed by atoms with E-state index in [1.807, 2.05) is 13.8 Å². The zero-order valence-electron chi connectivity index (χ0n) is 13.0. The molecular weight excluding hydrogens is 286 g/mol. The van der Waals surface area contributed by atoms with Crippen molar-refractivity contribution >= 4 is 5.97 Å². The first-order valence-electron chi connectivity index (χ1n) is 6.99. The number of ether oxygens (including phenoxy) is 3. The van der Waals surface area contributed by atoms with E-state index < -0.39 is 5.97 Å². The lowest BCUT2D eigenvalue weighted by molar-refractivity contribution is 0.0520. The van der Waals surface area contributed by atoms with E-state index >= 15 is 0 Å². The van der Waals surface area contributed by atoms with Gasteiger partial charge in [0.05, 0.1) is 19.8 Å². The average Bonchev–Trinajstić information content (AvgIpc) is 2.97. The monoisotopic (exact) mass is 305 g/mol. The molecule has 0 unspecified atom stereocenters. The van der Waals surface area contributed by atoms with Gasteiger partial charge in [-0.1, -0.05) is 0 Å². The molecule has 1 N–H and O–H groups in total. The minimum atomic E-state index is -0.521. The third-order valence-corrected chi connectivity index (χ3v) is 2.82. The summed E-state index contributed by atoms with van der Waals surface area (Å²) in [4.78, 5) is 11.9. The van der Waals surface area contributed by atoms with Gasteiger partial charge in [0.25, 0.3) is 0 Å². The maximum atomic E-state index is 11.9. The maximum absolute atomic E-state index is 11.9. The summed E-state index contributed by atoms with van der Waals surface area (Å²) in [5.74, 6) is 0.666. The predicted octanol–water partition coefficient (Wildman–Crippen LogP) is 2.44. The summed E-state index contributed by atoms with van der Waals surface area (Å²) in [6, 6.07) is 5.32. The number of rotatable bonds is 6. The van der Waals surface area contributed by atoms with Gasteiger partial charge in [-0.3, -0.25) is 0 Å². The highest BCUT2D eigenvalue weighted by Gasteiger charge is 2.20. The summed E-state index contributed by atoms with van der Waals surface area (Å²) in [6.45, 7) is 5.88. The van der Waals surface area contributed by atoms with Crippen LogP contribution in [0, 0.1) is 0 Å². The number of benzene rings is 1. The van der Waals surface area contributed by atoms with Gasteiger partial charge in [-0.2, -0.15) is 10.3 Å². The number of nitrogens with one attached hydrogen (secondary N) is 1. The highest BCUT2D eigenvalue weighted by atomic mass is 16.5. The highest BCUT2D eigenvalue weighted by Crippen LogP contribution is 2.33. The third-order valence-electron chi connectivity index (χ3n) is 2.82. The van der Waals surface area contributed by atoms with Crippen LogP contribution in [0.1, 0.15) is 31.3 Å². The number of methoxy groups -OCH3 is 1. The van der Waals surface area contributed by atoms with Crippen molar-refractivity contribution in [3.05, 3.63) is 23.9 Å². The van der Waals surface area contributed by atoms with Gasteiger partial charge in [0.2, 0.25) is 0 Å². The number of hydrogen-bond acceptors (Lipinski definition) is 6. The molecule has 1 aromatic carbocycles. The van der Waals surface area contributed by atoms with Crippen LogP contribution in [0.2, 0.25) is 0 Å². The summed E-state index contributed by atoms with van der Waals surface area (Å²) in [6.07, 6.45) is 0.0295. The normalized spacial score (nSPS) is 10.6. The van der Waals surface area contributed by atoms with Gasteiger partial charge < -0.3 is 14.2 Å². The van der Waals surface area contributed by atoms with Crippen LogP contribution in [0.25, 0.3) is 11.3 Å². The predicted molar refractivity (Wildman–Crippen MR) is 80.1 cm³/mol. The Morgan fingerprint density at radius 2 is 2.05 bits per heavy atom. The Kier molecular flexibility index (Phi) is 4.98. The van der Waals surface area contributed by atoms with E-state index in [2.05, 4.69) is 15.4 Å². The molecule has 0 amide bonds. The minimum Gasteiger partial charge on any atom is -0.493 e. The van der Waals surface area contributed by atoms with Crippen LogP contribution in [-0.2, 0) is 4.74 Å². The molecule has 0 aliphatic rings. The summed E-state index contributed by atoms with van der Waals surface area (Å²) in [5.41, 5.74) is 1.24. The molecule has 2 rings (SSSR count). The lowest BCUT2D eigenvalue weighted by atomic mass is 10.1. The fourth-order valence-corrected chi connectivity index (χ4v) is 1.94. The second-order valence-electron chi connectivity index (χ2n) is 4.77. The second-order valence-corrected chi connectivity index (χ2v) is 4.77. The van der Waals surface area contributed by atoms with Crippen LogP contribution >= 0.6 is 0 Å². The number of aromatic nitrogens is 3. The molecular formula is C15H19N3O4. The number of carbonyl (C=O) groups is 1. The van der Waals surface area contributed by atoms with Crippen molar-refractivity contribution in [3.63, 3.8) is 0 Å².